The van der Waals surface area contributed by atoms with E-state index in [9.17, 15) is 8.42 Å². The third kappa shape index (κ3) is 0.955. The monoisotopic (exact) mass is 169 g/mol. The summed E-state index contributed by atoms with van der Waals surface area (Å²) in [5.41, 5.74) is 0.465. The van der Waals surface area contributed by atoms with Crippen LogP contribution in [0.3, 0.4) is 0 Å². The second-order valence-corrected chi connectivity index (χ2v) is 4.32. The van der Waals surface area contributed by atoms with Gasteiger partial charge < -0.3 is 0 Å². The van der Waals surface area contributed by atoms with Gasteiger partial charge in [-0.3, -0.25) is 0 Å². The Morgan fingerprint density at radius 3 is 2.09 bits per heavy atom. The number of sulfonamides is 1. The van der Waals surface area contributed by atoms with Crippen LogP contribution in [0.1, 0.15) is 6.92 Å². The molecular weight excluding hydrogens is 161 g/mol. The highest BCUT2D eigenvalue weighted by molar-refractivity contribution is 7.94. The standard InChI is InChI=1S/C6H8BNO2S/c1-4-5(2)8(7)11(9,10)6(4)3/h5H,1,3H2,2H3. The minimum absolute atomic E-state index is 0.0208. The minimum atomic E-state index is -3.48. The van der Waals surface area contributed by atoms with E-state index in [1.54, 1.807) is 6.92 Å². The first-order valence-electron chi connectivity index (χ1n) is 3.06. The van der Waals surface area contributed by atoms with Gasteiger partial charge in [-0.25, -0.2) is 12.6 Å². The lowest BCUT2D eigenvalue weighted by molar-refractivity contribution is 0.534. The fourth-order valence-corrected chi connectivity index (χ4v) is 2.19. The number of hydrogen-bond donors (Lipinski definition) is 0. The SMILES string of the molecule is [B]N1C(C)C(=C)C(=C)S1(=O)=O. The molecule has 0 aromatic heterocycles. The summed E-state index contributed by atoms with van der Waals surface area (Å²) in [4.78, 5) is 0.0208. The van der Waals surface area contributed by atoms with Crippen LogP contribution in [0, 0.1) is 0 Å². The summed E-state index contributed by atoms with van der Waals surface area (Å²) in [6, 6.07) is -0.368. The maximum absolute atomic E-state index is 11.2. The molecule has 0 saturated carbocycles. The van der Waals surface area contributed by atoms with Crippen LogP contribution in [0.15, 0.2) is 23.6 Å². The van der Waals surface area contributed by atoms with Crippen molar-refractivity contribution in [1.82, 2.24) is 4.22 Å². The van der Waals surface area contributed by atoms with Crippen LogP contribution in [0.4, 0.5) is 0 Å². The maximum atomic E-state index is 11.2. The summed E-state index contributed by atoms with van der Waals surface area (Å²) >= 11 is 0. The quantitative estimate of drug-likeness (QED) is 0.485. The van der Waals surface area contributed by atoms with Crippen molar-refractivity contribution in [2.24, 2.45) is 0 Å². The van der Waals surface area contributed by atoms with E-state index in [1.807, 2.05) is 0 Å². The van der Waals surface area contributed by atoms with Crippen molar-refractivity contribution in [2.75, 3.05) is 0 Å². The Bertz CT molecular complexity index is 319. The Morgan fingerprint density at radius 1 is 1.55 bits per heavy atom. The summed E-state index contributed by atoms with van der Waals surface area (Å²) in [6.45, 7) is 8.61. The largest absolute Gasteiger partial charge is 0.245 e. The Balaban J connectivity index is 3.28. The van der Waals surface area contributed by atoms with E-state index in [0.29, 0.717) is 5.57 Å². The van der Waals surface area contributed by atoms with E-state index < -0.39 is 10.0 Å². The molecule has 0 spiro atoms. The van der Waals surface area contributed by atoms with E-state index in [-0.39, 0.29) is 10.9 Å². The fourth-order valence-electron chi connectivity index (χ4n) is 0.888. The Hall–Kier alpha value is -0.545. The third-order valence-electron chi connectivity index (χ3n) is 1.83. The van der Waals surface area contributed by atoms with Gasteiger partial charge in [0.15, 0.2) is 0 Å². The van der Waals surface area contributed by atoms with E-state index in [4.69, 9.17) is 7.98 Å². The van der Waals surface area contributed by atoms with Crippen molar-refractivity contribution in [1.29, 1.82) is 0 Å². The topological polar surface area (TPSA) is 37.4 Å². The van der Waals surface area contributed by atoms with Gasteiger partial charge in [0.25, 0.3) is 0 Å². The van der Waals surface area contributed by atoms with Gasteiger partial charge in [-0.2, -0.15) is 0 Å². The van der Waals surface area contributed by atoms with Crippen LogP contribution in [-0.4, -0.2) is 26.7 Å². The summed E-state index contributed by atoms with van der Waals surface area (Å²) in [5.74, 6) is 0. The molecule has 0 aromatic rings. The molecule has 1 saturated heterocycles. The van der Waals surface area contributed by atoms with Gasteiger partial charge >= 0.3 is 0 Å². The summed E-state index contributed by atoms with van der Waals surface area (Å²) < 4.78 is 23.1. The zero-order valence-electron chi connectivity index (χ0n) is 6.24. The third-order valence-corrected chi connectivity index (χ3v) is 3.59. The van der Waals surface area contributed by atoms with Gasteiger partial charge in [0, 0.05) is 6.04 Å². The molecule has 1 aliphatic heterocycles. The predicted octanol–water partition coefficient (Wildman–Crippen LogP) is 0.174. The van der Waals surface area contributed by atoms with E-state index in [2.05, 4.69) is 13.2 Å². The average molecular weight is 169 g/mol. The molecular formula is C6H8BNO2S. The van der Waals surface area contributed by atoms with E-state index in [0.717, 1.165) is 4.22 Å². The van der Waals surface area contributed by atoms with Crippen LogP contribution >= 0.6 is 0 Å². The number of nitrogens with zero attached hydrogens (tertiary/aromatic N) is 1. The molecule has 0 aliphatic carbocycles. The van der Waals surface area contributed by atoms with Crippen molar-refractivity contribution in [2.45, 2.75) is 13.0 Å². The van der Waals surface area contributed by atoms with Gasteiger partial charge in [-0.15, -0.1) is 0 Å². The molecule has 0 amide bonds. The molecule has 3 nitrogen and oxygen atoms in total. The molecule has 11 heavy (non-hydrogen) atoms. The number of rotatable bonds is 0. The summed E-state index contributed by atoms with van der Waals surface area (Å²) in [6.07, 6.45) is 0. The highest BCUT2D eigenvalue weighted by Crippen LogP contribution is 2.31. The van der Waals surface area contributed by atoms with Crippen molar-refractivity contribution >= 4 is 18.0 Å². The molecule has 2 radical (unpaired) electrons. The van der Waals surface area contributed by atoms with Crippen LogP contribution in [0.2, 0.25) is 0 Å². The van der Waals surface area contributed by atoms with Crippen LogP contribution in [0.25, 0.3) is 0 Å². The normalized spacial score (nSPS) is 31.2. The zero-order valence-corrected chi connectivity index (χ0v) is 7.06. The first kappa shape index (κ1) is 8.55. The van der Waals surface area contributed by atoms with Crippen LogP contribution < -0.4 is 0 Å². The molecule has 0 N–H and O–H groups in total. The lowest BCUT2D eigenvalue weighted by Gasteiger charge is -2.12. The fraction of sp³-hybridized carbons (Fsp3) is 0.333. The lowest BCUT2D eigenvalue weighted by Crippen LogP contribution is -2.28. The first-order valence-corrected chi connectivity index (χ1v) is 4.50. The highest BCUT2D eigenvalue weighted by atomic mass is 32.2. The first-order chi connectivity index (χ1) is 4.89. The van der Waals surface area contributed by atoms with Crippen molar-refractivity contribution in [3.63, 3.8) is 0 Å². The van der Waals surface area contributed by atoms with Gasteiger partial charge in [-0.1, -0.05) is 13.2 Å². The Kier molecular flexibility index (Phi) is 1.72. The van der Waals surface area contributed by atoms with Crippen molar-refractivity contribution < 1.29 is 8.42 Å². The molecule has 1 aliphatic rings. The minimum Gasteiger partial charge on any atom is -0.245 e. The predicted molar refractivity (Wildman–Crippen MR) is 44.3 cm³/mol. The molecule has 1 rings (SSSR count). The van der Waals surface area contributed by atoms with Crippen molar-refractivity contribution in [3.05, 3.63) is 23.6 Å². The van der Waals surface area contributed by atoms with E-state index in [1.165, 1.54) is 0 Å². The number of hydrogen-bond acceptors (Lipinski definition) is 2. The smallest absolute Gasteiger partial charge is 0.232 e. The molecule has 0 aromatic carbocycles. The zero-order chi connectivity index (χ0) is 8.81. The second kappa shape index (κ2) is 2.22. The maximum Gasteiger partial charge on any atom is 0.232 e. The molecule has 1 unspecified atom stereocenters. The Labute approximate surface area is 67.9 Å². The molecule has 1 heterocycles. The lowest BCUT2D eigenvalue weighted by atomic mass is 10.1. The second-order valence-electron chi connectivity index (χ2n) is 2.46. The van der Waals surface area contributed by atoms with Gasteiger partial charge in [-0.05, 0) is 12.5 Å². The molecule has 1 atom stereocenters. The molecule has 58 valence electrons. The van der Waals surface area contributed by atoms with Crippen molar-refractivity contribution in [3.8, 4) is 0 Å². The summed E-state index contributed by atoms with van der Waals surface area (Å²) in [7, 11) is 1.78. The van der Waals surface area contributed by atoms with Crippen LogP contribution in [-0.2, 0) is 10.0 Å². The summed E-state index contributed by atoms with van der Waals surface area (Å²) in [5, 5.41) is 0. The van der Waals surface area contributed by atoms with Gasteiger partial charge in [0.05, 0.1) is 4.91 Å². The Morgan fingerprint density at radius 2 is 2.00 bits per heavy atom. The molecule has 5 heteroatoms. The van der Waals surface area contributed by atoms with Crippen LogP contribution in [0.5, 0.6) is 0 Å². The van der Waals surface area contributed by atoms with E-state index >= 15 is 0 Å². The molecule has 1 fully saturated rings. The van der Waals surface area contributed by atoms with Gasteiger partial charge in [0.2, 0.25) is 18.0 Å². The molecule has 0 bridgehead atoms. The highest BCUT2D eigenvalue weighted by Gasteiger charge is 2.37. The average Bonchev–Trinajstić information content (AvgIpc) is 2.06. The van der Waals surface area contributed by atoms with Gasteiger partial charge in [0.1, 0.15) is 0 Å².